The number of hydrogen-bond acceptors (Lipinski definition) is 5. The third-order valence-electron chi connectivity index (χ3n) is 3.77. The average Bonchev–Trinajstić information content (AvgIpc) is 2.97. The number of benzene rings is 2. The number of nitrogens with zero attached hydrogens (tertiary/aromatic N) is 1. The minimum Gasteiger partial charge on any atom is -0.322 e. The van der Waals surface area contributed by atoms with Crippen LogP contribution in [0.3, 0.4) is 0 Å². The van der Waals surface area contributed by atoms with Crippen LogP contribution in [0, 0.1) is 5.82 Å². The van der Waals surface area contributed by atoms with Crippen molar-refractivity contribution in [3.05, 3.63) is 52.8 Å². The van der Waals surface area contributed by atoms with Crippen molar-refractivity contribution >= 4 is 43.0 Å². The van der Waals surface area contributed by atoms with Crippen molar-refractivity contribution in [1.82, 2.24) is 4.98 Å². The lowest BCUT2D eigenvalue weighted by atomic mass is 10.2. The number of thiazole rings is 1. The number of anilines is 1. The minimum absolute atomic E-state index is 0.108. The summed E-state index contributed by atoms with van der Waals surface area (Å²) in [5.41, 5.74) is 1.01. The first-order chi connectivity index (χ1) is 12.1. The second kappa shape index (κ2) is 6.77. The zero-order chi connectivity index (χ0) is 19.1. The molecule has 3 aromatic rings. The molecule has 0 bridgehead atoms. The van der Waals surface area contributed by atoms with Gasteiger partial charge in [-0.1, -0.05) is 13.8 Å². The highest BCUT2D eigenvalue weighted by molar-refractivity contribution is 7.90. The first kappa shape index (κ1) is 18.5. The van der Waals surface area contributed by atoms with E-state index in [2.05, 4.69) is 24.1 Å². The standard InChI is InChI=1S/C18H17FN2O3S2/c1-10(2)18-21-15-7-4-11(8-16(15)25-18)20-17(22)13-9-12(26(3,23)24)5-6-14(13)19/h4-10H,1-3H3,(H,20,22). The Kier molecular flexibility index (Phi) is 4.81. The van der Waals surface area contributed by atoms with Gasteiger partial charge in [0.15, 0.2) is 9.84 Å². The van der Waals surface area contributed by atoms with Crippen molar-refractivity contribution in [2.45, 2.75) is 24.7 Å². The Morgan fingerprint density at radius 1 is 1.19 bits per heavy atom. The van der Waals surface area contributed by atoms with Crippen molar-refractivity contribution in [1.29, 1.82) is 0 Å². The number of halogens is 1. The third kappa shape index (κ3) is 3.76. The van der Waals surface area contributed by atoms with E-state index in [1.54, 1.807) is 18.2 Å². The Bertz CT molecular complexity index is 1100. The molecule has 0 aliphatic carbocycles. The molecule has 3 rings (SSSR count). The van der Waals surface area contributed by atoms with E-state index in [9.17, 15) is 17.6 Å². The van der Waals surface area contributed by atoms with Gasteiger partial charge in [-0.05, 0) is 36.4 Å². The predicted octanol–water partition coefficient (Wildman–Crippen LogP) is 4.21. The van der Waals surface area contributed by atoms with E-state index in [1.807, 2.05) is 0 Å². The quantitative estimate of drug-likeness (QED) is 0.675. The molecular formula is C18H17FN2O3S2. The lowest BCUT2D eigenvalue weighted by Gasteiger charge is -2.08. The van der Waals surface area contributed by atoms with Crippen LogP contribution >= 0.6 is 11.3 Å². The van der Waals surface area contributed by atoms with Crippen molar-refractivity contribution in [3.8, 4) is 0 Å². The van der Waals surface area contributed by atoms with E-state index in [0.29, 0.717) is 11.6 Å². The molecule has 8 heteroatoms. The van der Waals surface area contributed by atoms with Crippen LogP contribution in [0.15, 0.2) is 41.3 Å². The Labute approximate surface area is 154 Å². The molecule has 2 aromatic carbocycles. The summed E-state index contributed by atoms with van der Waals surface area (Å²) >= 11 is 1.54. The van der Waals surface area contributed by atoms with Gasteiger partial charge in [0, 0.05) is 17.9 Å². The Morgan fingerprint density at radius 2 is 1.92 bits per heavy atom. The molecule has 0 saturated heterocycles. The van der Waals surface area contributed by atoms with Gasteiger partial charge in [0.2, 0.25) is 0 Å². The summed E-state index contributed by atoms with van der Waals surface area (Å²) < 4.78 is 38.1. The molecule has 136 valence electrons. The number of carbonyl (C=O) groups is 1. The van der Waals surface area contributed by atoms with Crippen LogP contribution in [0.1, 0.15) is 35.1 Å². The molecule has 0 atom stereocenters. The molecule has 1 N–H and O–H groups in total. The van der Waals surface area contributed by atoms with Crippen LogP contribution in [0.2, 0.25) is 0 Å². The maximum atomic E-state index is 14.0. The van der Waals surface area contributed by atoms with Gasteiger partial charge in [-0.3, -0.25) is 4.79 Å². The molecule has 5 nitrogen and oxygen atoms in total. The largest absolute Gasteiger partial charge is 0.322 e. The van der Waals surface area contributed by atoms with Crippen molar-refractivity contribution in [2.75, 3.05) is 11.6 Å². The number of hydrogen-bond donors (Lipinski definition) is 1. The molecule has 0 unspecified atom stereocenters. The van der Waals surface area contributed by atoms with Gasteiger partial charge in [-0.15, -0.1) is 11.3 Å². The number of amides is 1. The summed E-state index contributed by atoms with van der Waals surface area (Å²) in [4.78, 5) is 16.8. The van der Waals surface area contributed by atoms with E-state index >= 15 is 0 Å². The lowest BCUT2D eigenvalue weighted by Crippen LogP contribution is -2.14. The van der Waals surface area contributed by atoms with Crippen molar-refractivity contribution in [3.63, 3.8) is 0 Å². The molecule has 0 aliphatic rings. The van der Waals surface area contributed by atoms with E-state index in [0.717, 1.165) is 39.7 Å². The first-order valence-corrected chi connectivity index (χ1v) is 10.6. The summed E-state index contributed by atoms with van der Waals surface area (Å²) in [6, 6.07) is 8.40. The highest BCUT2D eigenvalue weighted by Crippen LogP contribution is 2.29. The number of sulfone groups is 1. The van der Waals surface area contributed by atoms with Gasteiger partial charge in [-0.25, -0.2) is 17.8 Å². The molecule has 0 aliphatic heterocycles. The number of aromatic nitrogens is 1. The summed E-state index contributed by atoms with van der Waals surface area (Å²) in [6.45, 7) is 4.11. The third-order valence-corrected chi connectivity index (χ3v) is 6.20. The van der Waals surface area contributed by atoms with Crippen LogP contribution < -0.4 is 5.32 Å². The van der Waals surface area contributed by atoms with E-state index in [1.165, 1.54) is 11.3 Å². The maximum Gasteiger partial charge on any atom is 0.258 e. The predicted molar refractivity (Wildman–Crippen MR) is 101 cm³/mol. The van der Waals surface area contributed by atoms with Gasteiger partial charge < -0.3 is 5.32 Å². The van der Waals surface area contributed by atoms with Crippen LogP contribution in [-0.2, 0) is 9.84 Å². The highest BCUT2D eigenvalue weighted by Gasteiger charge is 2.17. The van der Waals surface area contributed by atoms with Crippen molar-refractivity contribution < 1.29 is 17.6 Å². The fourth-order valence-corrected chi connectivity index (χ4v) is 4.03. The fraction of sp³-hybridized carbons (Fsp3) is 0.222. The van der Waals surface area contributed by atoms with E-state index in [4.69, 9.17) is 0 Å². The first-order valence-electron chi connectivity index (χ1n) is 7.86. The second-order valence-electron chi connectivity index (χ2n) is 6.26. The van der Waals surface area contributed by atoms with Crippen LogP contribution in [0.5, 0.6) is 0 Å². The number of carbonyl (C=O) groups excluding carboxylic acids is 1. The summed E-state index contributed by atoms with van der Waals surface area (Å²) in [7, 11) is -3.54. The Hall–Kier alpha value is -2.32. The molecular weight excluding hydrogens is 375 g/mol. The average molecular weight is 392 g/mol. The summed E-state index contributed by atoms with van der Waals surface area (Å²) in [5, 5.41) is 3.61. The molecule has 0 saturated carbocycles. The van der Waals surface area contributed by atoms with Crippen molar-refractivity contribution in [2.24, 2.45) is 0 Å². The normalized spacial score (nSPS) is 11.9. The summed E-state index contributed by atoms with van der Waals surface area (Å²) in [6.07, 6.45) is 1.01. The van der Waals surface area contributed by atoms with Gasteiger partial charge in [0.05, 0.1) is 25.7 Å². The fourth-order valence-electron chi connectivity index (χ4n) is 2.37. The molecule has 1 aromatic heterocycles. The number of rotatable bonds is 4. The molecule has 0 fully saturated rings. The van der Waals surface area contributed by atoms with Gasteiger partial charge in [0.1, 0.15) is 5.82 Å². The molecule has 0 spiro atoms. The van der Waals surface area contributed by atoms with Crippen LogP contribution in [0.25, 0.3) is 10.2 Å². The minimum atomic E-state index is -3.54. The Morgan fingerprint density at radius 3 is 2.58 bits per heavy atom. The van der Waals surface area contributed by atoms with Gasteiger partial charge >= 0.3 is 0 Å². The van der Waals surface area contributed by atoms with Crippen LogP contribution in [0.4, 0.5) is 10.1 Å². The second-order valence-corrected chi connectivity index (χ2v) is 9.34. The molecule has 0 radical (unpaired) electrons. The molecule has 26 heavy (non-hydrogen) atoms. The maximum absolute atomic E-state index is 14.0. The smallest absolute Gasteiger partial charge is 0.258 e. The molecule has 1 heterocycles. The van der Waals surface area contributed by atoms with E-state index < -0.39 is 21.6 Å². The summed E-state index contributed by atoms with van der Waals surface area (Å²) in [5.74, 6) is -1.19. The van der Waals surface area contributed by atoms with Gasteiger partial charge in [0.25, 0.3) is 5.91 Å². The SMILES string of the molecule is CC(C)c1nc2ccc(NC(=O)c3cc(S(C)(=O)=O)ccc3F)cc2s1. The number of nitrogens with one attached hydrogen (secondary N) is 1. The Balaban J connectivity index is 1.91. The van der Waals surface area contributed by atoms with Gasteiger partial charge in [-0.2, -0.15) is 0 Å². The monoisotopic (exact) mass is 392 g/mol. The topological polar surface area (TPSA) is 76.1 Å². The highest BCUT2D eigenvalue weighted by atomic mass is 32.2. The lowest BCUT2D eigenvalue weighted by molar-refractivity contribution is 0.102. The zero-order valence-corrected chi connectivity index (χ0v) is 16.0. The van der Waals surface area contributed by atoms with E-state index in [-0.39, 0.29) is 10.5 Å². The van der Waals surface area contributed by atoms with Crippen LogP contribution in [-0.4, -0.2) is 25.6 Å². The zero-order valence-electron chi connectivity index (χ0n) is 14.4. The molecule has 1 amide bonds. The number of fused-ring (bicyclic) bond motifs is 1.